The number of sulfonamides is 1. The second kappa shape index (κ2) is 9.57. The van der Waals surface area contributed by atoms with Crippen molar-refractivity contribution in [2.45, 2.75) is 50.2 Å². The second-order valence-electron chi connectivity index (χ2n) is 8.60. The molecule has 0 spiro atoms. The van der Waals surface area contributed by atoms with E-state index in [-0.39, 0.29) is 29.4 Å². The number of para-hydroxylation sites is 1. The highest BCUT2D eigenvalue weighted by atomic mass is 32.2. The molecule has 0 unspecified atom stereocenters. The molecule has 1 saturated heterocycles. The quantitative estimate of drug-likeness (QED) is 0.485. The molecule has 0 radical (unpaired) electrons. The largest absolute Gasteiger partial charge is 0.491 e. The van der Waals surface area contributed by atoms with Crippen LogP contribution in [0, 0.1) is 0 Å². The molecule has 8 heteroatoms. The molecule has 7 nitrogen and oxygen atoms in total. The first-order chi connectivity index (χ1) is 15.8. The second-order valence-corrected chi connectivity index (χ2v) is 10.5. The van der Waals surface area contributed by atoms with E-state index in [2.05, 4.69) is 4.57 Å². The number of piperidine rings is 1. The van der Waals surface area contributed by atoms with Gasteiger partial charge in [-0.15, -0.1) is 0 Å². The van der Waals surface area contributed by atoms with E-state index < -0.39 is 10.0 Å². The Hall–Kier alpha value is -2.84. The van der Waals surface area contributed by atoms with Crippen LogP contribution in [0.25, 0.3) is 10.9 Å². The van der Waals surface area contributed by atoms with E-state index in [0.717, 1.165) is 16.5 Å². The molecule has 3 aromatic rings. The number of ether oxygens (including phenoxy) is 2. The summed E-state index contributed by atoms with van der Waals surface area (Å²) in [5.74, 6) is 0.383. The van der Waals surface area contributed by atoms with E-state index >= 15 is 0 Å². The van der Waals surface area contributed by atoms with Gasteiger partial charge in [0.15, 0.2) is 0 Å². The highest BCUT2D eigenvalue weighted by Gasteiger charge is 2.30. The van der Waals surface area contributed by atoms with Crippen LogP contribution in [0.4, 0.5) is 0 Å². The molecular weight excluding hydrogens is 440 g/mol. The van der Waals surface area contributed by atoms with Gasteiger partial charge in [0.05, 0.1) is 24.5 Å². The first-order valence-corrected chi connectivity index (χ1v) is 12.7. The fourth-order valence-corrected chi connectivity index (χ4v) is 5.89. The topological polar surface area (TPSA) is 77.8 Å². The standard InChI is InChI=1S/C25H30N2O5S/c1-18(2)32-21-8-10-22(11-9-21)33(29,30)26-14-12-20(13-15-26)27-17-19(16-25(28)31-3)23-6-4-5-7-24(23)27/h4-11,17-18,20H,12-16H2,1-3H3. The molecular formula is C25H30N2O5S. The van der Waals surface area contributed by atoms with Crippen LogP contribution in [0.5, 0.6) is 5.75 Å². The molecule has 0 amide bonds. The lowest BCUT2D eigenvalue weighted by Gasteiger charge is -2.32. The summed E-state index contributed by atoms with van der Waals surface area (Å²) in [6.07, 6.45) is 3.66. The molecule has 1 aliphatic heterocycles. The molecule has 2 aromatic carbocycles. The van der Waals surface area contributed by atoms with Gasteiger partial charge < -0.3 is 14.0 Å². The zero-order valence-electron chi connectivity index (χ0n) is 19.2. The van der Waals surface area contributed by atoms with E-state index in [9.17, 15) is 13.2 Å². The number of carbonyl (C=O) groups is 1. The van der Waals surface area contributed by atoms with Crippen LogP contribution in [0.15, 0.2) is 59.6 Å². The minimum Gasteiger partial charge on any atom is -0.491 e. The Balaban J connectivity index is 1.50. The summed E-state index contributed by atoms with van der Waals surface area (Å²) in [4.78, 5) is 12.1. The predicted molar refractivity (Wildman–Crippen MR) is 127 cm³/mol. The van der Waals surface area contributed by atoms with Gasteiger partial charge in [0.1, 0.15) is 5.75 Å². The van der Waals surface area contributed by atoms with Crippen LogP contribution in [-0.2, 0) is 26.0 Å². The Labute approximate surface area is 195 Å². The molecule has 0 bridgehead atoms. The summed E-state index contributed by atoms with van der Waals surface area (Å²) in [5, 5.41) is 1.03. The zero-order chi connectivity index (χ0) is 23.6. The molecule has 1 aliphatic rings. The number of methoxy groups -OCH3 is 1. The predicted octanol–water partition coefficient (Wildman–Crippen LogP) is 4.17. The molecule has 0 atom stereocenters. The maximum absolute atomic E-state index is 13.2. The lowest BCUT2D eigenvalue weighted by molar-refractivity contribution is -0.139. The molecule has 176 valence electrons. The van der Waals surface area contributed by atoms with Gasteiger partial charge in [0.2, 0.25) is 10.0 Å². The Morgan fingerprint density at radius 3 is 2.36 bits per heavy atom. The maximum Gasteiger partial charge on any atom is 0.310 e. The van der Waals surface area contributed by atoms with Crippen molar-refractivity contribution in [3.05, 3.63) is 60.3 Å². The van der Waals surface area contributed by atoms with Crippen molar-refractivity contribution in [3.63, 3.8) is 0 Å². The number of nitrogens with zero attached hydrogens (tertiary/aromatic N) is 2. The third-order valence-corrected chi connectivity index (χ3v) is 7.95. The van der Waals surface area contributed by atoms with Gasteiger partial charge in [-0.1, -0.05) is 18.2 Å². The summed E-state index contributed by atoms with van der Waals surface area (Å²) in [6, 6.07) is 14.8. The number of hydrogen-bond donors (Lipinski definition) is 0. The third kappa shape index (κ3) is 4.91. The number of rotatable bonds is 7. The minimum absolute atomic E-state index is 0.0318. The maximum atomic E-state index is 13.2. The number of aromatic nitrogens is 1. The van der Waals surface area contributed by atoms with Crippen LogP contribution in [-0.4, -0.2) is 49.6 Å². The Bertz CT molecular complexity index is 1220. The van der Waals surface area contributed by atoms with Gasteiger partial charge in [-0.05, 0) is 62.6 Å². The number of hydrogen-bond acceptors (Lipinski definition) is 5. The van der Waals surface area contributed by atoms with E-state index in [0.29, 0.717) is 31.7 Å². The molecule has 0 N–H and O–H groups in total. The molecule has 33 heavy (non-hydrogen) atoms. The van der Waals surface area contributed by atoms with Crippen molar-refractivity contribution in [3.8, 4) is 5.75 Å². The van der Waals surface area contributed by atoms with E-state index in [1.165, 1.54) is 7.11 Å². The minimum atomic E-state index is -3.56. The SMILES string of the molecule is COC(=O)Cc1cn(C2CCN(S(=O)(=O)c3ccc(OC(C)C)cc3)CC2)c2ccccc12. The normalized spacial score (nSPS) is 15.8. The average molecular weight is 471 g/mol. The summed E-state index contributed by atoms with van der Waals surface area (Å²) >= 11 is 0. The highest BCUT2D eigenvalue weighted by Crippen LogP contribution is 2.32. The van der Waals surface area contributed by atoms with Crippen LogP contribution in [0.1, 0.15) is 38.3 Å². The molecule has 1 aromatic heterocycles. The van der Waals surface area contributed by atoms with E-state index in [1.807, 2.05) is 44.3 Å². The molecule has 0 saturated carbocycles. The monoisotopic (exact) mass is 470 g/mol. The van der Waals surface area contributed by atoms with Crippen molar-refractivity contribution >= 4 is 26.9 Å². The summed E-state index contributed by atoms with van der Waals surface area (Å²) in [5.41, 5.74) is 1.98. The van der Waals surface area contributed by atoms with Crippen LogP contribution in [0.2, 0.25) is 0 Å². The lowest BCUT2D eigenvalue weighted by Crippen LogP contribution is -2.38. The summed E-state index contributed by atoms with van der Waals surface area (Å²) in [6.45, 7) is 4.74. The van der Waals surface area contributed by atoms with Gasteiger partial charge >= 0.3 is 5.97 Å². The highest BCUT2D eigenvalue weighted by molar-refractivity contribution is 7.89. The number of carbonyl (C=O) groups excluding carboxylic acids is 1. The Morgan fingerprint density at radius 2 is 1.73 bits per heavy atom. The Morgan fingerprint density at radius 1 is 1.06 bits per heavy atom. The lowest BCUT2D eigenvalue weighted by atomic mass is 10.1. The van der Waals surface area contributed by atoms with Crippen molar-refractivity contribution in [2.24, 2.45) is 0 Å². The molecule has 0 aliphatic carbocycles. The van der Waals surface area contributed by atoms with Crippen molar-refractivity contribution in [2.75, 3.05) is 20.2 Å². The van der Waals surface area contributed by atoms with Gasteiger partial charge in [-0.25, -0.2) is 8.42 Å². The van der Waals surface area contributed by atoms with Crippen LogP contribution >= 0.6 is 0 Å². The average Bonchev–Trinajstić information content (AvgIpc) is 3.17. The van der Waals surface area contributed by atoms with Gasteiger partial charge in [0, 0.05) is 36.2 Å². The first-order valence-electron chi connectivity index (χ1n) is 11.2. The van der Waals surface area contributed by atoms with Gasteiger partial charge in [-0.2, -0.15) is 4.31 Å². The molecule has 2 heterocycles. The van der Waals surface area contributed by atoms with Gasteiger partial charge in [-0.3, -0.25) is 4.79 Å². The molecule has 1 fully saturated rings. The smallest absolute Gasteiger partial charge is 0.310 e. The zero-order valence-corrected chi connectivity index (χ0v) is 20.0. The number of fused-ring (bicyclic) bond motifs is 1. The fourth-order valence-electron chi connectivity index (χ4n) is 4.42. The van der Waals surface area contributed by atoms with Crippen LogP contribution in [0.3, 0.4) is 0 Å². The summed E-state index contributed by atoms with van der Waals surface area (Å²) in [7, 11) is -2.17. The van der Waals surface area contributed by atoms with Gasteiger partial charge in [0.25, 0.3) is 0 Å². The first kappa shape index (κ1) is 23.3. The summed E-state index contributed by atoms with van der Waals surface area (Å²) < 4.78 is 40.5. The molecule has 4 rings (SSSR count). The van der Waals surface area contributed by atoms with E-state index in [4.69, 9.17) is 9.47 Å². The van der Waals surface area contributed by atoms with Crippen molar-refractivity contribution < 1.29 is 22.7 Å². The fraction of sp³-hybridized carbons (Fsp3) is 0.400. The Kier molecular flexibility index (Phi) is 6.76. The van der Waals surface area contributed by atoms with Crippen molar-refractivity contribution in [1.82, 2.24) is 8.87 Å². The number of benzene rings is 2. The van der Waals surface area contributed by atoms with Crippen LogP contribution < -0.4 is 4.74 Å². The van der Waals surface area contributed by atoms with E-state index in [1.54, 1.807) is 28.6 Å². The third-order valence-electron chi connectivity index (χ3n) is 6.04. The number of esters is 1. The van der Waals surface area contributed by atoms with Crippen molar-refractivity contribution in [1.29, 1.82) is 0 Å².